The molecule has 0 aliphatic carbocycles. The van der Waals surface area contributed by atoms with Crippen molar-refractivity contribution in [2.75, 3.05) is 39.6 Å². The van der Waals surface area contributed by atoms with E-state index >= 15 is 0 Å². The quantitative estimate of drug-likeness (QED) is 0.0222. The molecule has 0 fully saturated rings. The SMILES string of the molecule is CCCCCCCCCCCCCCCCCCCCCC(=O)OC[C@H](COP(=O)(O)OC[C@@H](O)COP(=O)(O)OC[C@@H](COC(=O)CCCCCCCCCCCCC)OC(=O)CCCCCCCCCCCCCCCCC)OC(=O)CCCCCCCCCCCCCCCCCCC(C)C. The van der Waals surface area contributed by atoms with Crippen LogP contribution in [0.3, 0.4) is 0 Å². The zero-order valence-electron chi connectivity index (χ0n) is 68.2. The third kappa shape index (κ3) is 78.2. The largest absolute Gasteiger partial charge is 0.472 e. The number of aliphatic hydroxyl groups excluding tert-OH is 1. The van der Waals surface area contributed by atoms with E-state index in [1.807, 2.05) is 0 Å². The third-order valence-corrected chi connectivity index (χ3v) is 21.9. The van der Waals surface area contributed by atoms with Crippen molar-refractivity contribution in [1.29, 1.82) is 0 Å². The monoisotopic (exact) mass is 1520 g/mol. The van der Waals surface area contributed by atoms with Crippen LogP contribution in [0.1, 0.15) is 458 Å². The molecule has 0 aromatic carbocycles. The standard InChI is InChI=1S/C85H166O17P2/c1-6-9-12-15-18-21-24-26-28-29-30-31-36-39-44-49-54-59-64-69-83(88)96-75-81(102-85(90)71-66-61-56-51-46-41-37-33-32-35-38-43-47-52-57-62-67-78(4)5)77-100-104(93,94)98-73-79(86)72-97-103(91,92)99-76-80(74-95-82(87)68-63-58-53-48-42-23-20-17-14-11-8-3)101-84(89)70-65-60-55-50-45-40-34-27-25-22-19-16-13-10-7-2/h78-81,86H,6-77H2,1-5H3,(H,91,92)(H,93,94)/t79-,80+,81+/m0/s1. The summed E-state index contributed by atoms with van der Waals surface area (Å²) in [5.74, 6) is -1.29. The van der Waals surface area contributed by atoms with Gasteiger partial charge < -0.3 is 33.8 Å². The number of hydrogen-bond donors (Lipinski definition) is 3. The van der Waals surface area contributed by atoms with Gasteiger partial charge in [-0.2, -0.15) is 0 Å². The van der Waals surface area contributed by atoms with E-state index < -0.39 is 97.5 Å². The van der Waals surface area contributed by atoms with Crippen molar-refractivity contribution in [3.8, 4) is 0 Å². The third-order valence-electron chi connectivity index (χ3n) is 20.0. The highest BCUT2D eigenvalue weighted by Crippen LogP contribution is 2.45. The van der Waals surface area contributed by atoms with Crippen LogP contribution in [-0.2, 0) is 65.4 Å². The predicted molar refractivity (Wildman–Crippen MR) is 428 cm³/mol. The number of ether oxygens (including phenoxy) is 4. The molecule has 104 heavy (non-hydrogen) atoms. The molecule has 0 rings (SSSR count). The Kier molecular flexibility index (Phi) is 76.3. The van der Waals surface area contributed by atoms with Crippen molar-refractivity contribution in [2.45, 2.75) is 477 Å². The first-order valence-electron chi connectivity index (χ1n) is 44.1. The fourth-order valence-electron chi connectivity index (χ4n) is 13.3. The van der Waals surface area contributed by atoms with Gasteiger partial charge in [0.1, 0.15) is 19.3 Å². The summed E-state index contributed by atoms with van der Waals surface area (Å²) in [6.07, 6.45) is 70.7. The minimum atomic E-state index is -4.96. The highest BCUT2D eigenvalue weighted by molar-refractivity contribution is 7.47. The number of unbranched alkanes of at least 4 members (excludes halogenated alkanes) is 57. The molecule has 0 aliphatic heterocycles. The number of hydrogen-bond acceptors (Lipinski definition) is 15. The number of phosphoric ester groups is 2. The van der Waals surface area contributed by atoms with Crippen molar-refractivity contribution in [1.82, 2.24) is 0 Å². The van der Waals surface area contributed by atoms with Gasteiger partial charge in [0, 0.05) is 25.7 Å². The molecule has 5 atom stereocenters. The molecule has 0 saturated carbocycles. The van der Waals surface area contributed by atoms with Crippen LogP contribution in [0.4, 0.5) is 0 Å². The van der Waals surface area contributed by atoms with Crippen LogP contribution in [0.15, 0.2) is 0 Å². The summed E-state index contributed by atoms with van der Waals surface area (Å²) >= 11 is 0. The molecule has 19 heteroatoms. The average Bonchev–Trinajstić information content (AvgIpc) is 0.975. The summed E-state index contributed by atoms with van der Waals surface area (Å²) in [4.78, 5) is 73.2. The van der Waals surface area contributed by atoms with E-state index in [1.165, 1.54) is 283 Å². The van der Waals surface area contributed by atoms with Crippen LogP contribution in [0.2, 0.25) is 0 Å². The Hall–Kier alpha value is -1.94. The number of rotatable bonds is 85. The van der Waals surface area contributed by atoms with Gasteiger partial charge in [-0.05, 0) is 31.6 Å². The zero-order chi connectivity index (χ0) is 76.2. The number of carbonyl (C=O) groups excluding carboxylic acids is 4. The number of aliphatic hydroxyl groups is 1. The van der Waals surface area contributed by atoms with Gasteiger partial charge in [0.05, 0.1) is 26.4 Å². The molecule has 0 aromatic rings. The van der Waals surface area contributed by atoms with Crippen LogP contribution in [-0.4, -0.2) is 96.7 Å². The molecule has 0 radical (unpaired) electrons. The second kappa shape index (κ2) is 77.8. The Morgan fingerprint density at radius 1 is 0.260 bits per heavy atom. The van der Waals surface area contributed by atoms with E-state index in [0.717, 1.165) is 95.8 Å². The molecule has 0 bridgehead atoms. The van der Waals surface area contributed by atoms with Gasteiger partial charge in [-0.25, -0.2) is 9.13 Å². The summed E-state index contributed by atoms with van der Waals surface area (Å²) < 4.78 is 68.9. The lowest BCUT2D eigenvalue weighted by Crippen LogP contribution is -2.30. The average molecular weight is 1520 g/mol. The number of esters is 4. The molecule has 0 aliphatic rings. The summed E-state index contributed by atoms with van der Waals surface area (Å²) in [7, 11) is -9.92. The molecule has 0 spiro atoms. The van der Waals surface area contributed by atoms with E-state index in [2.05, 4.69) is 34.6 Å². The fourth-order valence-corrected chi connectivity index (χ4v) is 14.9. The van der Waals surface area contributed by atoms with Gasteiger partial charge in [0.15, 0.2) is 12.2 Å². The van der Waals surface area contributed by atoms with Gasteiger partial charge in [0.25, 0.3) is 0 Å². The van der Waals surface area contributed by atoms with Gasteiger partial charge in [-0.1, -0.05) is 407 Å². The van der Waals surface area contributed by atoms with Crippen LogP contribution < -0.4 is 0 Å². The fraction of sp³-hybridized carbons (Fsp3) is 0.953. The Morgan fingerprint density at radius 2 is 0.442 bits per heavy atom. The van der Waals surface area contributed by atoms with E-state index in [-0.39, 0.29) is 25.7 Å². The Labute approximate surface area is 638 Å². The van der Waals surface area contributed by atoms with E-state index in [4.69, 9.17) is 37.0 Å². The Bertz CT molecular complexity index is 1980. The van der Waals surface area contributed by atoms with Gasteiger partial charge >= 0.3 is 39.5 Å². The lowest BCUT2D eigenvalue weighted by atomic mass is 10.0. The summed E-state index contributed by atoms with van der Waals surface area (Å²) in [5.41, 5.74) is 0. The molecule has 0 heterocycles. The first-order valence-corrected chi connectivity index (χ1v) is 47.1. The van der Waals surface area contributed by atoms with Gasteiger partial charge in [-0.3, -0.25) is 37.3 Å². The topological polar surface area (TPSA) is 237 Å². The zero-order valence-corrected chi connectivity index (χ0v) is 70.0. The minimum absolute atomic E-state index is 0.109. The molecule has 0 amide bonds. The smallest absolute Gasteiger partial charge is 0.462 e. The predicted octanol–water partition coefficient (Wildman–Crippen LogP) is 26.0. The van der Waals surface area contributed by atoms with Crippen molar-refractivity contribution in [3.63, 3.8) is 0 Å². The highest BCUT2D eigenvalue weighted by atomic mass is 31.2. The van der Waals surface area contributed by atoms with Crippen molar-refractivity contribution >= 4 is 39.5 Å². The maximum atomic E-state index is 13.1. The molecule has 618 valence electrons. The maximum Gasteiger partial charge on any atom is 0.472 e. The molecular formula is C85H166O17P2. The lowest BCUT2D eigenvalue weighted by Gasteiger charge is -2.21. The maximum absolute atomic E-state index is 13.1. The van der Waals surface area contributed by atoms with E-state index in [1.54, 1.807) is 0 Å². The number of phosphoric acid groups is 2. The Morgan fingerprint density at radius 3 is 0.654 bits per heavy atom. The van der Waals surface area contributed by atoms with Crippen molar-refractivity contribution < 1.29 is 80.2 Å². The van der Waals surface area contributed by atoms with E-state index in [0.29, 0.717) is 25.7 Å². The van der Waals surface area contributed by atoms with Crippen LogP contribution >= 0.6 is 15.6 Å². The highest BCUT2D eigenvalue weighted by Gasteiger charge is 2.30. The first-order chi connectivity index (χ1) is 50.5. The Balaban J connectivity index is 5.24. The normalized spacial score (nSPS) is 13.8. The first kappa shape index (κ1) is 102. The van der Waals surface area contributed by atoms with Crippen LogP contribution in [0, 0.1) is 5.92 Å². The number of carbonyl (C=O) groups is 4. The molecule has 0 aromatic heterocycles. The second-order valence-electron chi connectivity index (χ2n) is 31.1. The summed E-state index contributed by atoms with van der Waals surface area (Å²) in [6, 6.07) is 0. The molecule has 17 nitrogen and oxygen atoms in total. The minimum Gasteiger partial charge on any atom is -0.462 e. The summed E-state index contributed by atoms with van der Waals surface area (Å²) in [5, 5.41) is 10.7. The molecular weight excluding hydrogens is 1350 g/mol. The van der Waals surface area contributed by atoms with Gasteiger partial charge in [-0.15, -0.1) is 0 Å². The van der Waals surface area contributed by atoms with Gasteiger partial charge in [0.2, 0.25) is 0 Å². The summed E-state index contributed by atoms with van der Waals surface area (Å²) in [6.45, 7) is 7.39. The second-order valence-corrected chi connectivity index (χ2v) is 34.0. The van der Waals surface area contributed by atoms with Crippen LogP contribution in [0.5, 0.6) is 0 Å². The van der Waals surface area contributed by atoms with Crippen molar-refractivity contribution in [3.05, 3.63) is 0 Å². The molecule has 0 saturated heterocycles. The molecule has 2 unspecified atom stereocenters. The molecule has 3 N–H and O–H groups in total. The van der Waals surface area contributed by atoms with Crippen molar-refractivity contribution in [2.24, 2.45) is 5.92 Å². The van der Waals surface area contributed by atoms with Crippen LogP contribution in [0.25, 0.3) is 0 Å². The lowest BCUT2D eigenvalue weighted by molar-refractivity contribution is -0.161. The van der Waals surface area contributed by atoms with E-state index in [9.17, 15) is 43.2 Å².